The Labute approximate surface area is 82.1 Å². The van der Waals surface area contributed by atoms with Crippen molar-refractivity contribution in [2.75, 3.05) is 14.1 Å². The van der Waals surface area contributed by atoms with Crippen LogP contribution in [-0.2, 0) is 0 Å². The van der Waals surface area contributed by atoms with Crippen molar-refractivity contribution in [2.45, 2.75) is 40.2 Å². The summed E-state index contributed by atoms with van der Waals surface area (Å²) in [4.78, 5) is 2.30. The lowest BCUT2D eigenvalue weighted by molar-refractivity contribution is 0.259. The van der Waals surface area contributed by atoms with Crippen molar-refractivity contribution >= 4 is 0 Å². The number of likely N-dealkylation sites (N-methyl/N-ethyl adjacent to an activating group) is 1. The van der Waals surface area contributed by atoms with E-state index in [1.54, 1.807) is 0 Å². The summed E-state index contributed by atoms with van der Waals surface area (Å²) < 4.78 is 0. The van der Waals surface area contributed by atoms with Crippen molar-refractivity contribution < 1.29 is 0 Å². The highest BCUT2D eigenvalue weighted by molar-refractivity contribution is 5.53. The first-order valence-corrected chi connectivity index (χ1v) is 4.87. The normalized spacial score (nSPS) is 22.2. The summed E-state index contributed by atoms with van der Waals surface area (Å²) in [5, 5.41) is 0. The lowest BCUT2D eigenvalue weighted by Crippen LogP contribution is -2.42. The molecule has 0 heterocycles. The molecular formula is C12H21N. The molecule has 0 spiro atoms. The molecule has 0 aliphatic heterocycles. The predicted molar refractivity (Wildman–Crippen MR) is 58.8 cm³/mol. The van der Waals surface area contributed by atoms with Gasteiger partial charge in [0.25, 0.3) is 0 Å². The van der Waals surface area contributed by atoms with E-state index in [0.717, 1.165) is 0 Å². The van der Waals surface area contributed by atoms with Crippen LogP contribution in [0.2, 0.25) is 0 Å². The third-order valence-electron chi connectivity index (χ3n) is 4.04. The first-order chi connectivity index (χ1) is 5.83. The SMILES string of the molecule is CC1=C(C)C(C)(N(C)C)C(C)=C1C. The molecule has 0 atom stereocenters. The van der Waals surface area contributed by atoms with Gasteiger partial charge in [-0.25, -0.2) is 0 Å². The van der Waals surface area contributed by atoms with Crippen molar-refractivity contribution in [1.82, 2.24) is 4.90 Å². The van der Waals surface area contributed by atoms with Gasteiger partial charge in [0.2, 0.25) is 0 Å². The molecule has 0 fully saturated rings. The van der Waals surface area contributed by atoms with Crippen molar-refractivity contribution in [3.63, 3.8) is 0 Å². The highest BCUT2D eigenvalue weighted by atomic mass is 15.1. The summed E-state index contributed by atoms with van der Waals surface area (Å²) >= 11 is 0. The van der Waals surface area contributed by atoms with E-state index in [4.69, 9.17) is 0 Å². The summed E-state index contributed by atoms with van der Waals surface area (Å²) in [6.45, 7) is 11.2. The third-order valence-corrected chi connectivity index (χ3v) is 4.04. The quantitative estimate of drug-likeness (QED) is 0.598. The van der Waals surface area contributed by atoms with Crippen LogP contribution in [0.4, 0.5) is 0 Å². The van der Waals surface area contributed by atoms with Gasteiger partial charge in [0.1, 0.15) is 0 Å². The Morgan fingerprint density at radius 1 is 0.846 bits per heavy atom. The van der Waals surface area contributed by atoms with Gasteiger partial charge >= 0.3 is 0 Å². The van der Waals surface area contributed by atoms with Crippen LogP contribution in [0.1, 0.15) is 34.6 Å². The van der Waals surface area contributed by atoms with Gasteiger partial charge in [0.05, 0.1) is 5.54 Å². The van der Waals surface area contributed by atoms with Gasteiger partial charge in [-0.2, -0.15) is 0 Å². The van der Waals surface area contributed by atoms with Gasteiger partial charge < -0.3 is 0 Å². The third kappa shape index (κ3) is 1.18. The summed E-state index contributed by atoms with van der Waals surface area (Å²) in [6, 6.07) is 0. The largest absolute Gasteiger partial charge is 0.297 e. The van der Waals surface area contributed by atoms with Crippen LogP contribution in [0.25, 0.3) is 0 Å². The minimum absolute atomic E-state index is 0.147. The van der Waals surface area contributed by atoms with Crippen molar-refractivity contribution in [3.05, 3.63) is 22.3 Å². The van der Waals surface area contributed by atoms with Crippen LogP contribution >= 0.6 is 0 Å². The van der Waals surface area contributed by atoms with E-state index in [1.807, 2.05) is 0 Å². The number of allylic oxidation sites excluding steroid dienone is 2. The molecule has 1 rings (SSSR count). The molecule has 0 aromatic heterocycles. The molecule has 0 bridgehead atoms. The molecule has 0 aromatic carbocycles. The molecule has 0 radical (unpaired) electrons. The topological polar surface area (TPSA) is 3.24 Å². The average molecular weight is 179 g/mol. The van der Waals surface area contributed by atoms with Crippen LogP contribution in [0.15, 0.2) is 22.3 Å². The molecule has 74 valence electrons. The number of nitrogens with zero attached hydrogens (tertiary/aromatic N) is 1. The second kappa shape index (κ2) is 2.98. The molecule has 1 nitrogen and oxygen atoms in total. The Balaban J connectivity index is 3.31. The zero-order valence-corrected chi connectivity index (χ0v) is 9.95. The molecule has 1 aliphatic rings. The van der Waals surface area contributed by atoms with E-state index < -0.39 is 0 Å². The molecule has 13 heavy (non-hydrogen) atoms. The summed E-state index contributed by atoms with van der Waals surface area (Å²) in [5.74, 6) is 0. The fraction of sp³-hybridized carbons (Fsp3) is 0.667. The fourth-order valence-corrected chi connectivity index (χ4v) is 2.24. The minimum Gasteiger partial charge on any atom is -0.297 e. The van der Waals surface area contributed by atoms with Crippen LogP contribution in [-0.4, -0.2) is 24.5 Å². The molecule has 0 N–H and O–H groups in total. The van der Waals surface area contributed by atoms with Crippen LogP contribution in [0.3, 0.4) is 0 Å². The summed E-state index contributed by atoms with van der Waals surface area (Å²) in [6.07, 6.45) is 0. The highest BCUT2D eigenvalue weighted by Gasteiger charge is 2.37. The van der Waals surface area contributed by atoms with Crippen molar-refractivity contribution in [1.29, 1.82) is 0 Å². The Bertz CT molecular complexity index is 268. The van der Waals surface area contributed by atoms with E-state index in [1.165, 1.54) is 22.3 Å². The zero-order valence-electron chi connectivity index (χ0n) is 9.95. The molecule has 0 saturated heterocycles. The molecule has 0 amide bonds. The van der Waals surface area contributed by atoms with E-state index in [-0.39, 0.29) is 5.54 Å². The van der Waals surface area contributed by atoms with Gasteiger partial charge in [-0.1, -0.05) is 0 Å². The first kappa shape index (κ1) is 10.5. The Kier molecular flexibility index (Phi) is 2.42. The standard InChI is InChI=1S/C12H21N/c1-8-9(2)11(4)12(5,10(8)3)13(6)7/h1-7H3. The van der Waals surface area contributed by atoms with Gasteiger partial charge in [-0.05, 0) is 71.0 Å². The average Bonchev–Trinajstić information content (AvgIpc) is 2.22. The van der Waals surface area contributed by atoms with Crippen LogP contribution in [0, 0.1) is 0 Å². The predicted octanol–water partition coefficient (Wildman–Crippen LogP) is 2.99. The monoisotopic (exact) mass is 179 g/mol. The maximum Gasteiger partial charge on any atom is 0.0606 e. The highest BCUT2D eigenvalue weighted by Crippen LogP contribution is 2.42. The number of rotatable bonds is 1. The minimum atomic E-state index is 0.147. The lowest BCUT2D eigenvalue weighted by atomic mass is 9.88. The van der Waals surface area contributed by atoms with E-state index in [2.05, 4.69) is 53.6 Å². The zero-order chi connectivity index (χ0) is 10.4. The lowest BCUT2D eigenvalue weighted by Gasteiger charge is -2.36. The molecule has 1 aliphatic carbocycles. The van der Waals surface area contributed by atoms with Crippen molar-refractivity contribution in [3.8, 4) is 0 Å². The molecule has 0 aromatic rings. The Morgan fingerprint density at radius 3 is 1.31 bits per heavy atom. The summed E-state index contributed by atoms with van der Waals surface area (Å²) in [7, 11) is 4.30. The number of hydrogen-bond acceptors (Lipinski definition) is 1. The van der Waals surface area contributed by atoms with Gasteiger partial charge in [0.15, 0.2) is 0 Å². The smallest absolute Gasteiger partial charge is 0.0606 e. The first-order valence-electron chi connectivity index (χ1n) is 4.87. The Morgan fingerprint density at radius 2 is 1.15 bits per heavy atom. The molecule has 0 unspecified atom stereocenters. The molecule has 0 saturated carbocycles. The van der Waals surface area contributed by atoms with Gasteiger partial charge in [-0.15, -0.1) is 0 Å². The molecule has 1 heteroatoms. The van der Waals surface area contributed by atoms with Gasteiger partial charge in [-0.3, -0.25) is 4.90 Å². The Hall–Kier alpha value is -0.560. The van der Waals surface area contributed by atoms with Crippen LogP contribution < -0.4 is 0 Å². The second-order valence-corrected chi connectivity index (χ2v) is 4.47. The molecular weight excluding hydrogens is 158 g/mol. The van der Waals surface area contributed by atoms with Gasteiger partial charge in [0, 0.05) is 0 Å². The maximum atomic E-state index is 2.30. The van der Waals surface area contributed by atoms with E-state index in [9.17, 15) is 0 Å². The summed E-state index contributed by atoms with van der Waals surface area (Å²) in [5.41, 5.74) is 6.07. The van der Waals surface area contributed by atoms with E-state index >= 15 is 0 Å². The number of hydrogen-bond donors (Lipinski definition) is 0. The fourth-order valence-electron chi connectivity index (χ4n) is 2.24. The second-order valence-electron chi connectivity index (χ2n) is 4.47. The van der Waals surface area contributed by atoms with E-state index in [0.29, 0.717) is 0 Å². The van der Waals surface area contributed by atoms with Crippen molar-refractivity contribution in [2.24, 2.45) is 0 Å². The van der Waals surface area contributed by atoms with Crippen LogP contribution in [0.5, 0.6) is 0 Å². The maximum absolute atomic E-state index is 2.30.